The number of carboxylic acid groups (broad SMARTS) is 1. The molecule has 4 fully saturated rings. The molecule has 14 heteroatoms. The second-order valence-electron chi connectivity index (χ2n) is 11.5. The number of aliphatic carboxylic acids is 1. The maximum Gasteiger partial charge on any atom is 0.353 e. The van der Waals surface area contributed by atoms with E-state index in [9.17, 15) is 24.3 Å². The van der Waals surface area contributed by atoms with Crippen molar-refractivity contribution in [2.24, 2.45) is 23.7 Å². The second kappa shape index (κ2) is 10.3. The van der Waals surface area contributed by atoms with Crippen LogP contribution >= 0.6 is 11.8 Å². The van der Waals surface area contributed by atoms with E-state index in [0.29, 0.717) is 29.8 Å². The Labute approximate surface area is 230 Å². The van der Waals surface area contributed by atoms with Crippen molar-refractivity contribution in [2.45, 2.75) is 63.0 Å². The summed E-state index contributed by atoms with van der Waals surface area (Å²) >= 11 is 1.49. The van der Waals surface area contributed by atoms with Crippen LogP contribution in [0.3, 0.4) is 0 Å². The van der Waals surface area contributed by atoms with Gasteiger partial charge in [-0.25, -0.2) is 9.48 Å². The van der Waals surface area contributed by atoms with Gasteiger partial charge in [0.1, 0.15) is 18.6 Å². The van der Waals surface area contributed by atoms with Gasteiger partial charge < -0.3 is 25.5 Å². The van der Waals surface area contributed by atoms with Crippen LogP contribution in [0.1, 0.15) is 33.1 Å². The van der Waals surface area contributed by atoms with Crippen LogP contribution in [0.15, 0.2) is 16.9 Å². The Morgan fingerprint density at radius 3 is 2.79 bits per heavy atom. The van der Waals surface area contributed by atoms with Crippen LogP contribution in [-0.2, 0) is 25.7 Å². The summed E-state index contributed by atoms with van der Waals surface area (Å²) in [4.78, 5) is 55.3. The highest BCUT2D eigenvalue weighted by Crippen LogP contribution is 2.53. The van der Waals surface area contributed by atoms with Gasteiger partial charge in [-0.3, -0.25) is 14.4 Å². The topological polar surface area (TPSA) is 163 Å². The van der Waals surface area contributed by atoms with Crippen molar-refractivity contribution in [2.75, 3.05) is 26.2 Å². The number of aromatic nitrogens is 4. The van der Waals surface area contributed by atoms with Crippen molar-refractivity contribution in [3.05, 3.63) is 16.9 Å². The molecule has 5 aliphatic heterocycles. The first-order chi connectivity index (χ1) is 18.7. The normalized spacial score (nSPS) is 34.3. The third kappa shape index (κ3) is 4.65. The number of nitrogens with zero attached hydrogens (tertiary/aromatic N) is 6. The molecule has 0 spiro atoms. The van der Waals surface area contributed by atoms with Crippen molar-refractivity contribution >= 4 is 35.3 Å². The zero-order valence-corrected chi connectivity index (χ0v) is 22.8. The first kappa shape index (κ1) is 26.4. The minimum Gasteiger partial charge on any atom is -0.477 e. The van der Waals surface area contributed by atoms with E-state index in [1.807, 2.05) is 18.7 Å². The average Bonchev–Trinajstić information content (AvgIpc) is 3.69. The number of carbonyl (C=O) groups is 4. The van der Waals surface area contributed by atoms with Crippen molar-refractivity contribution in [3.8, 4) is 0 Å². The Bertz CT molecular complexity index is 1190. The molecule has 210 valence electrons. The molecule has 1 aromatic heterocycles. The number of fused-ring (bicyclic) bond motifs is 2. The van der Waals surface area contributed by atoms with E-state index < -0.39 is 11.9 Å². The van der Waals surface area contributed by atoms with Crippen molar-refractivity contribution in [1.29, 1.82) is 0 Å². The number of nitrogens with one attached hydrogen (secondary N) is 2. The number of ketones is 1. The number of carboxylic acids is 1. The van der Waals surface area contributed by atoms with Gasteiger partial charge in [-0.1, -0.05) is 13.8 Å². The number of carbonyl (C=O) groups excluding carboxylic acids is 3. The van der Waals surface area contributed by atoms with Crippen LogP contribution in [0, 0.1) is 23.7 Å². The molecule has 1 aromatic rings. The van der Waals surface area contributed by atoms with Gasteiger partial charge in [0.15, 0.2) is 5.78 Å². The number of Topliss-reactive ketones (excluding diaryl/α,β-unsaturated/α-hetero) is 1. The minimum absolute atomic E-state index is 0.0335. The van der Waals surface area contributed by atoms with Crippen LogP contribution in [0.4, 0.5) is 0 Å². The third-order valence-corrected chi connectivity index (χ3v) is 10.6. The molecule has 0 radical (unpaired) electrons. The number of hydrogen-bond donors (Lipinski definition) is 3. The van der Waals surface area contributed by atoms with Gasteiger partial charge in [0, 0.05) is 48.2 Å². The number of β-lactam (4-membered cyclic amide) rings is 1. The summed E-state index contributed by atoms with van der Waals surface area (Å²) in [6, 6.07) is -0.162. The lowest BCUT2D eigenvalue weighted by molar-refractivity contribution is -0.160. The SMILES string of the molecule is C[C@@H](CC(=O)Cn1cnnn1)[C@H]1C(=O)N2C(C(=O)O)=C(S[C@@H]3CN[C@H](C(=O)N4CC5CCNC5C4)C3)[C@H](C)[C@H]12. The van der Waals surface area contributed by atoms with Crippen LogP contribution in [-0.4, -0.2) is 108 Å². The molecule has 0 bridgehead atoms. The molecule has 5 aliphatic rings. The lowest BCUT2D eigenvalue weighted by atomic mass is 9.73. The number of thioether (sulfide) groups is 1. The van der Waals surface area contributed by atoms with E-state index in [2.05, 4.69) is 26.2 Å². The monoisotopic (exact) mass is 558 g/mol. The number of amides is 2. The van der Waals surface area contributed by atoms with Gasteiger partial charge in [-0.05, 0) is 41.6 Å². The van der Waals surface area contributed by atoms with Gasteiger partial charge in [-0.15, -0.1) is 16.9 Å². The van der Waals surface area contributed by atoms with E-state index in [4.69, 9.17) is 0 Å². The smallest absolute Gasteiger partial charge is 0.353 e. The minimum atomic E-state index is -1.12. The quantitative estimate of drug-likeness (QED) is 0.329. The number of hydrogen-bond acceptors (Lipinski definition) is 10. The van der Waals surface area contributed by atoms with Crippen molar-refractivity contribution < 1.29 is 24.3 Å². The molecule has 6 heterocycles. The molecular formula is C25H34N8O5S. The maximum atomic E-state index is 13.2. The summed E-state index contributed by atoms with van der Waals surface area (Å²) in [5.74, 6) is -1.61. The van der Waals surface area contributed by atoms with Crippen LogP contribution < -0.4 is 10.6 Å². The van der Waals surface area contributed by atoms with Gasteiger partial charge in [0.2, 0.25) is 11.8 Å². The molecule has 39 heavy (non-hydrogen) atoms. The highest BCUT2D eigenvalue weighted by Gasteiger charge is 2.60. The molecule has 4 saturated heterocycles. The molecular weight excluding hydrogens is 524 g/mol. The first-order valence-electron chi connectivity index (χ1n) is 13.7. The summed E-state index contributed by atoms with van der Waals surface area (Å²) in [5.41, 5.74) is 0.0548. The molecule has 2 amide bonds. The highest BCUT2D eigenvalue weighted by molar-refractivity contribution is 8.03. The zero-order valence-electron chi connectivity index (χ0n) is 22.0. The molecule has 6 rings (SSSR count). The van der Waals surface area contributed by atoms with E-state index in [1.165, 1.54) is 27.7 Å². The fourth-order valence-corrected chi connectivity index (χ4v) is 8.64. The summed E-state index contributed by atoms with van der Waals surface area (Å²) in [6.07, 6.45) is 3.28. The molecule has 0 aliphatic carbocycles. The predicted octanol–water partition coefficient (Wildman–Crippen LogP) is -0.675. The van der Waals surface area contributed by atoms with Gasteiger partial charge in [0.05, 0.1) is 18.0 Å². The summed E-state index contributed by atoms with van der Waals surface area (Å²) < 4.78 is 1.35. The van der Waals surface area contributed by atoms with Gasteiger partial charge in [0.25, 0.3) is 0 Å². The van der Waals surface area contributed by atoms with Crippen LogP contribution in [0.5, 0.6) is 0 Å². The fraction of sp³-hybridized carbons (Fsp3) is 0.720. The second-order valence-corrected chi connectivity index (χ2v) is 12.9. The Morgan fingerprint density at radius 2 is 2.08 bits per heavy atom. The van der Waals surface area contributed by atoms with Crippen molar-refractivity contribution in [1.82, 2.24) is 40.6 Å². The molecule has 13 nitrogen and oxygen atoms in total. The zero-order chi connectivity index (χ0) is 27.4. The number of rotatable bonds is 9. The Morgan fingerprint density at radius 1 is 1.26 bits per heavy atom. The van der Waals surface area contributed by atoms with Crippen molar-refractivity contribution in [3.63, 3.8) is 0 Å². The van der Waals surface area contributed by atoms with E-state index in [-0.39, 0.29) is 65.4 Å². The van der Waals surface area contributed by atoms with Gasteiger partial charge >= 0.3 is 5.97 Å². The Hall–Kier alpha value is -2.84. The highest BCUT2D eigenvalue weighted by atomic mass is 32.2. The molecule has 3 N–H and O–H groups in total. The lowest BCUT2D eigenvalue weighted by Gasteiger charge is -2.47. The van der Waals surface area contributed by atoms with Crippen LogP contribution in [0.25, 0.3) is 0 Å². The summed E-state index contributed by atoms with van der Waals surface area (Å²) in [5, 5.41) is 27.7. The number of tetrazole rings is 1. The van der Waals surface area contributed by atoms with E-state index >= 15 is 0 Å². The Kier molecular flexibility index (Phi) is 6.96. The third-order valence-electron chi connectivity index (χ3n) is 9.04. The Balaban J connectivity index is 1.09. The largest absolute Gasteiger partial charge is 0.477 e. The lowest BCUT2D eigenvalue weighted by Crippen LogP contribution is -2.62. The van der Waals surface area contributed by atoms with E-state index in [0.717, 1.165) is 26.1 Å². The number of likely N-dealkylation sites (tertiary alicyclic amines) is 1. The predicted molar refractivity (Wildman–Crippen MR) is 139 cm³/mol. The average molecular weight is 559 g/mol. The standard InChI is InChI=1S/C25H34N8O5S/c1-12(5-15(34)9-32-11-28-29-30-32)19-20-13(2)22(21(25(37)38)33(20)24(19)36)39-16-6-17(27-7-16)23(35)31-8-14-3-4-26-18(14)10-31/h11-14,16-20,26-27H,3-10H2,1-2H3,(H,37,38)/t12-,13+,14?,16-,17-,18?,19+,20+/m0/s1. The fourth-order valence-electron chi connectivity index (χ4n) is 7.16. The molecule has 2 unspecified atom stereocenters. The van der Waals surface area contributed by atoms with E-state index in [1.54, 1.807) is 0 Å². The molecule has 0 aromatic carbocycles. The van der Waals surface area contributed by atoms with Crippen LogP contribution in [0.2, 0.25) is 0 Å². The summed E-state index contributed by atoms with van der Waals surface area (Å²) in [7, 11) is 0. The molecule has 8 atom stereocenters. The van der Waals surface area contributed by atoms with Gasteiger partial charge in [-0.2, -0.15) is 0 Å². The maximum absolute atomic E-state index is 13.2. The summed E-state index contributed by atoms with van der Waals surface area (Å²) in [6.45, 7) is 7.05. The first-order valence-corrected chi connectivity index (χ1v) is 14.6. The molecule has 0 saturated carbocycles.